The van der Waals surface area contributed by atoms with Crippen LogP contribution in [-0.4, -0.2) is 43.4 Å². The molecule has 0 spiro atoms. The van der Waals surface area contributed by atoms with Crippen LogP contribution in [-0.2, 0) is 4.74 Å². The summed E-state index contributed by atoms with van der Waals surface area (Å²) in [5.74, 6) is 0.918. The van der Waals surface area contributed by atoms with Crippen LogP contribution < -0.4 is 15.5 Å². The van der Waals surface area contributed by atoms with E-state index in [1.54, 1.807) is 6.20 Å². The molecule has 0 saturated carbocycles. The molecule has 1 aliphatic heterocycles. The van der Waals surface area contributed by atoms with Crippen LogP contribution in [0.3, 0.4) is 0 Å². The number of amides is 2. The number of carbonyl (C=O) groups is 1. The lowest BCUT2D eigenvalue weighted by Gasteiger charge is -2.27. The summed E-state index contributed by atoms with van der Waals surface area (Å²) in [4.78, 5) is 18.2. The van der Waals surface area contributed by atoms with Gasteiger partial charge in [0.2, 0.25) is 0 Å². The highest BCUT2D eigenvalue weighted by molar-refractivity contribution is 5.89. The van der Waals surface area contributed by atoms with Gasteiger partial charge in [-0.05, 0) is 25.5 Å². The Kier molecular flexibility index (Phi) is 5.17. The third-order valence-electron chi connectivity index (χ3n) is 3.33. The van der Waals surface area contributed by atoms with Gasteiger partial charge in [-0.3, -0.25) is 0 Å². The molecule has 2 N–H and O–H groups in total. The number of morpholine rings is 1. The van der Waals surface area contributed by atoms with E-state index in [0.717, 1.165) is 38.5 Å². The fraction of sp³-hybridized carbons (Fsp3) is 0.571. The number of nitrogens with one attached hydrogen (secondary N) is 2. The number of anilines is 2. The molecule has 2 rings (SSSR count). The zero-order valence-corrected chi connectivity index (χ0v) is 12.1. The van der Waals surface area contributed by atoms with Gasteiger partial charge in [-0.25, -0.2) is 9.78 Å². The molecule has 1 aromatic heterocycles. The van der Waals surface area contributed by atoms with Crippen molar-refractivity contribution in [2.75, 3.05) is 36.5 Å². The third kappa shape index (κ3) is 4.09. The molecule has 20 heavy (non-hydrogen) atoms. The fourth-order valence-corrected chi connectivity index (χ4v) is 1.93. The smallest absolute Gasteiger partial charge is 0.319 e. The second-order valence-corrected chi connectivity index (χ2v) is 4.91. The summed E-state index contributed by atoms with van der Waals surface area (Å²) in [5, 5.41) is 5.63. The van der Waals surface area contributed by atoms with Crippen LogP contribution in [0.4, 0.5) is 16.3 Å². The van der Waals surface area contributed by atoms with Crippen molar-refractivity contribution in [3.63, 3.8) is 0 Å². The number of carbonyl (C=O) groups excluding carboxylic acids is 1. The number of urea groups is 1. The first-order chi connectivity index (χ1) is 9.69. The average Bonchev–Trinajstić information content (AvgIpc) is 2.48. The molecule has 0 aliphatic carbocycles. The van der Waals surface area contributed by atoms with E-state index < -0.39 is 0 Å². The molecular formula is C14H22N4O2. The quantitative estimate of drug-likeness (QED) is 0.882. The lowest BCUT2D eigenvalue weighted by Crippen LogP contribution is -2.37. The van der Waals surface area contributed by atoms with Crippen LogP contribution >= 0.6 is 0 Å². The molecule has 6 heteroatoms. The summed E-state index contributed by atoms with van der Waals surface area (Å²) < 4.78 is 5.31. The van der Waals surface area contributed by atoms with E-state index in [2.05, 4.69) is 20.5 Å². The largest absolute Gasteiger partial charge is 0.378 e. The lowest BCUT2D eigenvalue weighted by molar-refractivity contribution is 0.122. The van der Waals surface area contributed by atoms with Crippen LogP contribution in [0.5, 0.6) is 0 Å². The van der Waals surface area contributed by atoms with Crippen LogP contribution in [0.15, 0.2) is 18.3 Å². The van der Waals surface area contributed by atoms with Crippen molar-refractivity contribution in [3.05, 3.63) is 18.3 Å². The molecule has 1 fully saturated rings. The van der Waals surface area contributed by atoms with Gasteiger partial charge in [-0.1, -0.05) is 6.92 Å². The van der Waals surface area contributed by atoms with Gasteiger partial charge in [0.1, 0.15) is 5.82 Å². The van der Waals surface area contributed by atoms with E-state index in [-0.39, 0.29) is 12.1 Å². The normalized spacial score (nSPS) is 16.6. The maximum absolute atomic E-state index is 11.7. The topological polar surface area (TPSA) is 66.5 Å². The molecular weight excluding hydrogens is 256 g/mol. The highest BCUT2D eigenvalue weighted by atomic mass is 16.5. The predicted molar refractivity (Wildman–Crippen MR) is 79.2 cm³/mol. The van der Waals surface area contributed by atoms with Gasteiger partial charge in [0, 0.05) is 19.1 Å². The van der Waals surface area contributed by atoms with Crippen molar-refractivity contribution in [2.24, 2.45) is 0 Å². The number of nitrogens with zero attached hydrogens (tertiary/aromatic N) is 2. The third-order valence-corrected chi connectivity index (χ3v) is 3.33. The number of hydrogen-bond donors (Lipinski definition) is 2. The Morgan fingerprint density at radius 1 is 1.45 bits per heavy atom. The molecule has 2 amide bonds. The predicted octanol–water partition coefficient (Wildman–Crippen LogP) is 1.84. The van der Waals surface area contributed by atoms with Gasteiger partial charge in [-0.2, -0.15) is 0 Å². The molecule has 110 valence electrons. The van der Waals surface area contributed by atoms with Gasteiger partial charge in [0.25, 0.3) is 0 Å². The van der Waals surface area contributed by atoms with Crippen molar-refractivity contribution in [2.45, 2.75) is 26.3 Å². The Morgan fingerprint density at radius 2 is 2.20 bits per heavy atom. The SMILES string of the molecule is CC[C@H](C)NC(=O)Nc1ccc(N2CCOCC2)nc1. The molecule has 0 bridgehead atoms. The number of hydrogen-bond acceptors (Lipinski definition) is 4. The van der Waals surface area contributed by atoms with E-state index in [0.29, 0.717) is 5.69 Å². The van der Waals surface area contributed by atoms with Gasteiger partial charge < -0.3 is 20.3 Å². The van der Waals surface area contributed by atoms with Crippen LogP contribution in [0.1, 0.15) is 20.3 Å². The molecule has 0 unspecified atom stereocenters. The minimum absolute atomic E-state index is 0.163. The number of ether oxygens (including phenoxy) is 1. The number of aromatic nitrogens is 1. The summed E-state index contributed by atoms with van der Waals surface area (Å²) in [7, 11) is 0. The molecule has 6 nitrogen and oxygen atoms in total. The number of rotatable bonds is 4. The van der Waals surface area contributed by atoms with Crippen LogP contribution in [0.25, 0.3) is 0 Å². The molecule has 1 aliphatic rings. The van der Waals surface area contributed by atoms with Crippen molar-refractivity contribution >= 4 is 17.5 Å². The van der Waals surface area contributed by atoms with E-state index in [1.165, 1.54) is 0 Å². The first kappa shape index (κ1) is 14.6. The molecule has 2 heterocycles. The Balaban J connectivity index is 1.89. The van der Waals surface area contributed by atoms with Gasteiger partial charge in [0.05, 0.1) is 25.1 Å². The molecule has 1 aromatic rings. The van der Waals surface area contributed by atoms with Crippen molar-refractivity contribution in [3.8, 4) is 0 Å². The van der Waals surface area contributed by atoms with Gasteiger partial charge >= 0.3 is 6.03 Å². The average molecular weight is 278 g/mol. The number of pyridine rings is 1. The zero-order chi connectivity index (χ0) is 14.4. The minimum Gasteiger partial charge on any atom is -0.378 e. The summed E-state index contributed by atoms with van der Waals surface area (Å²) in [6.45, 7) is 7.18. The Labute approximate surface area is 119 Å². The molecule has 0 radical (unpaired) electrons. The molecule has 1 atom stereocenters. The summed E-state index contributed by atoms with van der Waals surface area (Å²) in [5.41, 5.74) is 0.697. The van der Waals surface area contributed by atoms with Crippen LogP contribution in [0.2, 0.25) is 0 Å². The van der Waals surface area contributed by atoms with E-state index >= 15 is 0 Å². The van der Waals surface area contributed by atoms with Crippen LogP contribution in [0, 0.1) is 0 Å². The van der Waals surface area contributed by atoms with Gasteiger partial charge in [0.15, 0.2) is 0 Å². The van der Waals surface area contributed by atoms with Crippen molar-refractivity contribution in [1.29, 1.82) is 0 Å². The van der Waals surface area contributed by atoms with Gasteiger partial charge in [-0.15, -0.1) is 0 Å². The summed E-state index contributed by atoms with van der Waals surface area (Å²) in [6.07, 6.45) is 2.59. The Hall–Kier alpha value is -1.82. The van der Waals surface area contributed by atoms with E-state index in [1.807, 2.05) is 26.0 Å². The van der Waals surface area contributed by atoms with E-state index in [4.69, 9.17) is 4.74 Å². The highest BCUT2D eigenvalue weighted by Gasteiger charge is 2.12. The van der Waals surface area contributed by atoms with Crippen molar-refractivity contribution < 1.29 is 9.53 Å². The summed E-state index contributed by atoms with van der Waals surface area (Å²) in [6, 6.07) is 3.76. The Bertz CT molecular complexity index is 429. The standard InChI is InChI=1S/C14H22N4O2/c1-3-11(2)16-14(19)17-12-4-5-13(15-10-12)18-6-8-20-9-7-18/h4-5,10-11H,3,6-9H2,1-2H3,(H2,16,17,19)/t11-/m0/s1. The van der Waals surface area contributed by atoms with E-state index in [9.17, 15) is 4.79 Å². The first-order valence-electron chi connectivity index (χ1n) is 7.05. The minimum atomic E-state index is -0.194. The first-order valence-corrected chi connectivity index (χ1v) is 7.05. The highest BCUT2D eigenvalue weighted by Crippen LogP contribution is 2.15. The monoisotopic (exact) mass is 278 g/mol. The van der Waals surface area contributed by atoms with Crippen molar-refractivity contribution in [1.82, 2.24) is 10.3 Å². The Morgan fingerprint density at radius 3 is 2.80 bits per heavy atom. The lowest BCUT2D eigenvalue weighted by atomic mass is 10.3. The molecule has 0 aromatic carbocycles. The second kappa shape index (κ2) is 7.09. The zero-order valence-electron chi connectivity index (χ0n) is 12.1. The second-order valence-electron chi connectivity index (χ2n) is 4.91. The molecule has 1 saturated heterocycles. The summed E-state index contributed by atoms with van der Waals surface area (Å²) >= 11 is 0. The maximum Gasteiger partial charge on any atom is 0.319 e. The maximum atomic E-state index is 11.7. The fourth-order valence-electron chi connectivity index (χ4n) is 1.93.